The predicted octanol–water partition coefficient (Wildman–Crippen LogP) is 1.22. The van der Waals surface area contributed by atoms with Gasteiger partial charge in [-0.15, -0.1) is 0 Å². The summed E-state index contributed by atoms with van der Waals surface area (Å²) in [4.78, 5) is 49.9. The maximum Gasteiger partial charge on any atom is 0.255 e. The highest BCUT2D eigenvalue weighted by atomic mass is 16.2. The fraction of sp³-hybridized carbons (Fsp3) is 0.474. The largest absolute Gasteiger partial charge is 0.349 e. The topological polar surface area (TPSA) is 95.6 Å². The highest BCUT2D eigenvalue weighted by molar-refractivity contribution is 6.06. The minimum atomic E-state index is -0.647. The Morgan fingerprint density at radius 3 is 2.62 bits per heavy atom. The van der Waals surface area contributed by atoms with E-state index >= 15 is 0 Å². The Balaban J connectivity index is 1.77. The lowest BCUT2D eigenvalue weighted by Gasteiger charge is -2.29. The van der Waals surface area contributed by atoms with Gasteiger partial charge in [-0.2, -0.15) is 0 Å². The van der Waals surface area contributed by atoms with Gasteiger partial charge in [0.15, 0.2) is 0 Å². The third-order valence-electron chi connectivity index (χ3n) is 5.14. The molecular formula is C19H23N3O4. The van der Waals surface area contributed by atoms with E-state index in [0.717, 1.165) is 5.56 Å². The summed E-state index contributed by atoms with van der Waals surface area (Å²) in [6, 6.07) is 4.37. The van der Waals surface area contributed by atoms with Gasteiger partial charge in [-0.05, 0) is 43.0 Å². The summed E-state index contributed by atoms with van der Waals surface area (Å²) in [7, 11) is 0. The van der Waals surface area contributed by atoms with Crippen LogP contribution in [0.4, 0.5) is 0 Å². The SMILES string of the molecule is CC(C)[C@H](C)NC(=O)c1ccc2c(c1)CN(C1CCC(=O)NC1=O)C2=O. The molecule has 1 aromatic rings. The summed E-state index contributed by atoms with van der Waals surface area (Å²) >= 11 is 0. The van der Waals surface area contributed by atoms with Crippen molar-refractivity contribution in [2.24, 2.45) is 5.92 Å². The van der Waals surface area contributed by atoms with E-state index in [1.54, 1.807) is 18.2 Å². The highest BCUT2D eigenvalue weighted by Gasteiger charge is 2.39. The monoisotopic (exact) mass is 357 g/mol. The predicted molar refractivity (Wildman–Crippen MR) is 94.3 cm³/mol. The van der Waals surface area contributed by atoms with Crippen LogP contribution >= 0.6 is 0 Å². The van der Waals surface area contributed by atoms with Gasteiger partial charge in [-0.25, -0.2) is 0 Å². The molecule has 2 N–H and O–H groups in total. The Kier molecular flexibility index (Phi) is 4.80. The lowest BCUT2D eigenvalue weighted by atomic mass is 10.0. The maximum absolute atomic E-state index is 12.6. The Morgan fingerprint density at radius 1 is 1.23 bits per heavy atom. The lowest BCUT2D eigenvalue weighted by molar-refractivity contribution is -0.136. The van der Waals surface area contributed by atoms with Crippen LogP contribution < -0.4 is 10.6 Å². The van der Waals surface area contributed by atoms with Crippen LogP contribution in [0.15, 0.2) is 18.2 Å². The zero-order valence-electron chi connectivity index (χ0n) is 15.2. The first-order valence-electron chi connectivity index (χ1n) is 8.86. The number of fused-ring (bicyclic) bond motifs is 1. The molecule has 1 unspecified atom stereocenters. The Labute approximate surface area is 152 Å². The van der Waals surface area contributed by atoms with E-state index in [9.17, 15) is 19.2 Å². The van der Waals surface area contributed by atoms with Gasteiger partial charge in [-0.3, -0.25) is 24.5 Å². The third-order valence-corrected chi connectivity index (χ3v) is 5.14. The lowest BCUT2D eigenvalue weighted by Crippen LogP contribution is -2.52. The van der Waals surface area contributed by atoms with E-state index in [2.05, 4.69) is 10.6 Å². The van der Waals surface area contributed by atoms with E-state index in [0.29, 0.717) is 23.5 Å². The number of piperidine rings is 1. The molecule has 1 aromatic carbocycles. The van der Waals surface area contributed by atoms with Gasteiger partial charge in [-0.1, -0.05) is 13.8 Å². The molecular weight excluding hydrogens is 334 g/mol. The molecule has 1 saturated heterocycles. The molecule has 26 heavy (non-hydrogen) atoms. The standard InChI is InChI=1S/C19H23N3O4/c1-10(2)11(3)20-17(24)12-4-5-14-13(8-12)9-22(19(14)26)15-6-7-16(23)21-18(15)25/h4-5,8,10-11,15H,6-7,9H2,1-3H3,(H,20,24)(H,21,23,25)/t11-,15?/m0/s1. The zero-order chi connectivity index (χ0) is 19.0. The number of benzene rings is 1. The maximum atomic E-state index is 12.6. The van der Waals surface area contributed by atoms with Crippen molar-refractivity contribution in [3.8, 4) is 0 Å². The average molecular weight is 357 g/mol. The molecule has 7 heteroatoms. The highest BCUT2D eigenvalue weighted by Crippen LogP contribution is 2.28. The van der Waals surface area contributed by atoms with Crippen LogP contribution in [0.3, 0.4) is 0 Å². The quantitative estimate of drug-likeness (QED) is 0.792. The van der Waals surface area contributed by atoms with Gasteiger partial charge >= 0.3 is 0 Å². The van der Waals surface area contributed by atoms with Crippen LogP contribution in [0.2, 0.25) is 0 Å². The molecule has 0 saturated carbocycles. The molecule has 0 aliphatic carbocycles. The molecule has 138 valence electrons. The molecule has 0 spiro atoms. The molecule has 0 radical (unpaired) electrons. The number of nitrogens with zero attached hydrogens (tertiary/aromatic N) is 1. The second-order valence-corrected chi connectivity index (χ2v) is 7.28. The minimum Gasteiger partial charge on any atom is -0.349 e. The van der Waals surface area contributed by atoms with Gasteiger partial charge in [0, 0.05) is 30.1 Å². The average Bonchev–Trinajstić information content (AvgIpc) is 2.90. The van der Waals surface area contributed by atoms with Gasteiger partial charge in [0.2, 0.25) is 11.8 Å². The Hall–Kier alpha value is -2.70. The van der Waals surface area contributed by atoms with Crippen LogP contribution in [-0.4, -0.2) is 40.6 Å². The van der Waals surface area contributed by atoms with Gasteiger partial charge in [0.05, 0.1) is 0 Å². The summed E-state index contributed by atoms with van der Waals surface area (Å²) in [5.41, 5.74) is 1.72. The van der Waals surface area contributed by atoms with Crippen LogP contribution in [0, 0.1) is 5.92 Å². The number of hydrogen-bond donors (Lipinski definition) is 2. The van der Waals surface area contributed by atoms with Crippen LogP contribution in [0.1, 0.15) is 59.9 Å². The number of carbonyl (C=O) groups excluding carboxylic acids is 4. The van der Waals surface area contributed by atoms with Crippen LogP contribution in [0.25, 0.3) is 0 Å². The summed E-state index contributed by atoms with van der Waals surface area (Å²) in [6.45, 7) is 6.28. The molecule has 4 amide bonds. The number of nitrogens with one attached hydrogen (secondary N) is 2. The molecule has 0 aromatic heterocycles. The van der Waals surface area contributed by atoms with Crippen LogP contribution in [-0.2, 0) is 16.1 Å². The van der Waals surface area contributed by atoms with E-state index in [-0.39, 0.29) is 36.7 Å². The Morgan fingerprint density at radius 2 is 1.96 bits per heavy atom. The fourth-order valence-electron chi connectivity index (χ4n) is 3.17. The molecule has 3 rings (SSSR count). The van der Waals surface area contributed by atoms with Crippen molar-refractivity contribution in [2.75, 3.05) is 0 Å². The molecule has 2 aliphatic rings. The van der Waals surface area contributed by atoms with Crippen molar-refractivity contribution in [3.05, 3.63) is 34.9 Å². The van der Waals surface area contributed by atoms with Crippen molar-refractivity contribution in [1.29, 1.82) is 0 Å². The number of carbonyl (C=O) groups is 4. The normalized spacial score (nSPS) is 20.8. The van der Waals surface area contributed by atoms with E-state index in [1.165, 1.54) is 4.90 Å². The Bertz CT molecular complexity index is 787. The van der Waals surface area contributed by atoms with Crippen molar-refractivity contribution in [2.45, 2.75) is 52.2 Å². The third kappa shape index (κ3) is 3.34. The van der Waals surface area contributed by atoms with E-state index < -0.39 is 11.9 Å². The van der Waals surface area contributed by atoms with Crippen molar-refractivity contribution >= 4 is 23.6 Å². The molecule has 1 fully saturated rings. The van der Waals surface area contributed by atoms with Gasteiger partial charge in [0.25, 0.3) is 11.8 Å². The minimum absolute atomic E-state index is 0.0392. The zero-order valence-corrected chi connectivity index (χ0v) is 15.2. The molecule has 2 heterocycles. The summed E-state index contributed by atoms with van der Waals surface area (Å²) < 4.78 is 0. The first kappa shape index (κ1) is 18.1. The summed E-state index contributed by atoms with van der Waals surface area (Å²) in [5.74, 6) is -0.851. The van der Waals surface area contributed by atoms with Crippen molar-refractivity contribution in [3.63, 3.8) is 0 Å². The smallest absolute Gasteiger partial charge is 0.255 e. The fourth-order valence-corrected chi connectivity index (χ4v) is 3.17. The first-order valence-corrected chi connectivity index (χ1v) is 8.86. The van der Waals surface area contributed by atoms with Crippen molar-refractivity contribution in [1.82, 2.24) is 15.5 Å². The van der Waals surface area contributed by atoms with Gasteiger partial charge in [0.1, 0.15) is 6.04 Å². The second-order valence-electron chi connectivity index (χ2n) is 7.28. The number of amides is 4. The second kappa shape index (κ2) is 6.90. The molecule has 2 aliphatic heterocycles. The number of imide groups is 1. The first-order chi connectivity index (χ1) is 12.3. The van der Waals surface area contributed by atoms with Crippen molar-refractivity contribution < 1.29 is 19.2 Å². The molecule has 0 bridgehead atoms. The summed E-state index contributed by atoms with van der Waals surface area (Å²) in [6.07, 6.45) is 0.543. The van der Waals surface area contributed by atoms with Crippen LogP contribution in [0.5, 0.6) is 0 Å². The molecule has 7 nitrogen and oxygen atoms in total. The molecule has 2 atom stereocenters. The number of rotatable bonds is 4. The van der Waals surface area contributed by atoms with E-state index in [4.69, 9.17) is 0 Å². The summed E-state index contributed by atoms with van der Waals surface area (Å²) in [5, 5.41) is 5.22. The number of hydrogen-bond acceptors (Lipinski definition) is 4. The van der Waals surface area contributed by atoms with Gasteiger partial charge < -0.3 is 10.2 Å². The van der Waals surface area contributed by atoms with E-state index in [1.807, 2.05) is 20.8 Å².